The summed E-state index contributed by atoms with van der Waals surface area (Å²) in [6, 6.07) is 5.22. The number of hydrogen-bond acceptors (Lipinski definition) is 4. The first-order chi connectivity index (χ1) is 14.9. The summed E-state index contributed by atoms with van der Waals surface area (Å²) in [5.41, 5.74) is 1.77. The van der Waals surface area contributed by atoms with Crippen LogP contribution in [0.2, 0.25) is 0 Å². The molecular weight excluding hydrogens is 414 g/mol. The Morgan fingerprint density at radius 3 is 2.39 bits per heavy atom. The Bertz CT molecular complexity index is 998. The molecule has 4 aliphatic rings. The average molecular weight is 446 g/mol. The third kappa shape index (κ3) is 3.78. The number of carbonyl (C=O) groups excluding carboxylic acids is 2. The second kappa shape index (κ2) is 7.89. The molecule has 0 spiro atoms. The molecule has 2 unspecified atom stereocenters. The molecule has 0 bridgehead atoms. The number of carbonyl (C=O) groups is 2. The number of hydrogen-bond donors (Lipinski definition) is 0. The van der Waals surface area contributed by atoms with E-state index < -0.39 is 10.0 Å². The van der Waals surface area contributed by atoms with Crippen molar-refractivity contribution in [2.45, 2.75) is 62.8 Å². The fourth-order valence-corrected chi connectivity index (χ4v) is 6.91. The van der Waals surface area contributed by atoms with Crippen molar-refractivity contribution in [3.63, 3.8) is 0 Å². The molecule has 7 nitrogen and oxygen atoms in total. The van der Waals surface area contributed by atoms with Crippen LogP contribution in [-0.4, -0.2) is 61.7 Å². The van der Waals surface area contributed by atoms with Crippen LogP contribution in [0.1, 0.15) is 51.0 Å². The maximum atomic E-state index is 13.4. The molecule has 5 rings (SSSR count). The number of rotatable bonds is 4. The lowest BCUT2D eigenvalue weighted by Crippen LogP contribution is -2.46. The normalized spacial score (nSPS) is 26.9. The van der Waals surface area contributed by atoms with Crippen molar-refractivity contribution in [3.05, 3.63) is 23.8 Å². The molecule has 0 radical (unpaired) electrons. The fraction of sp³-hybridized carbons (Fsp3) is 0.652. The summed E-state index contributed by atoms with van der Waals surface area (Å²) in [7, 11) is -3.67. The summed E-state index contributed by atoms with van der Waals surface area (Å²) in [6.07, 6.45) is 6.11. The SMILES string of the molecule is CC1Cc2cc(S(=O)(=O)N3CCCC(C(=O)N4CCCC4)C3)ccc2N1C(=O)C1CC1. The van der Waals surface area contributed by atoms with Gasteiger partial charge in [0.05, 0.1) is 10.8 Å². The van der Waals surface area contributed by atoms with E-state index in [0.717, 1.165) is 56.4 Å². The van der Waals surface area contributed by atoms with Crippen LogP contribution in [0.3, 0.4) is 0 Å². The summed E-state index contributed by atoms with van der Waals surface area (Å²) in [4.78, 5) is 29.5. The molecule has 3 fully saturated rings. The van der Waals surface area contributed by atoms with Gasteiger partial charge in [0.2, 0.25) is 21.8 Å². The first kappa shape index (κ1) is 20.9. The zero-order chi connectivity index (χ0) is 21.8. The largest absolute Gasteiger partial charge is 0.342 e. The number of nitrogens with zero attached hydrogens (tertiary/aromatic N) is 3. The van der Waals surface area contributed by atoms with E-state index in [1.807, 2.05) is 16.7 Å². The molecule has 1 aliphatic carbocycles. The van der Waals surface area contributed by atoms with E-state index in [2.05, 4.69) is 0 Å². The van der Waals surface area contributed by atoms with Gasteiger partial charge in [0.1, 0.15) is 0 Å². The number of benzene rings is 1. The summed E-state index contributed by atoms with van der Waals surface area (Å²) >= 11 is 0. The van der Waals surface area contributed by atoms with Gasteiger partial charge < -0.3 is 9.80 Å². The molecular formula is C23H31N3O4S. The molecule has 0 aromatic heterocycles. The number of piperidine rings is 1. The zero-order valence-electron chi connectivity index (χ0n) is 18.1. The molecule has 1 aromatic carbocycles. The van der Waals surface area contributed by atoms with E-state index in [1.54, 1.807) is 18.2 Å². The lowest BCUT2D eigenvalue weighted by atomic mass is 9.98. The van der Waals surface area contributed by atoms with Gasteiger partial charge in [-0.15, -0.1) is 0 Å². The number of sulfonamides is 1. The Kier molecular flexibility index (Phi) is 5.33. The standard InChI is InChI=1S/C23H31N3O4S/c1-16-13-19-14-20(8-9-21(19)26(16)23(28)17-6-7-17)31(29,30)25-12-4-5-18(15-25)22(27)24-10-2-3-11-24/h8-9,14,16-18H,2-7,10-13,15H2,1H3. The van der Waals surface area contributed by atoms with Gasteiger partial charge in [-0.1, -0.05) is 0 Å². The average Bonchev–Trinajstić information content (AvgIpc) is 3.37. The first-order valence-corrected chi connectivity index (χ1v) is 13.0. The Morgan fingerprint density at radius 2 is 1.68 bits per heavy atom. The van der Waals surface area contributed by atoms with Crippen LogP contribution in [0.4, 0.5) is 5.69 Å². The summed E-state index contributed by atoms with van der Waals surface area (Å²) in [6.45, 7) is 4.32. The van der Waals surface area contributed by atoms with Crippen LogP contribution in [0.25, 0.3) is 0 Å². The van der Waals surface area contributed by atoms with Gasteiger partial charge in [-0.2, -0.15) is 4.31 Å². The maximum Gasteiger partial charge on any atom is 0.243 e. The van der Waals surface area contributed by atoms with Crippen LogP contribution in [0.15, 0.2) is 23.1 Å². The molecule has 8 heteroatoms. The summed E-state index contributed by atoms with van der Waals surface area (Å²) in [5.74, 6) is 0.161. The van der Waals surface area contributed by atoms with Crippen LogP contribution >= 0.6 is 0 Å². The highest BCUT2D eigenvalue weighted by Crippen LogP contribution is 2.40. The van der Waals surface area contributed by atoms with E-state index in [1.165, 1.54) is 4.31 Å². The monoisotopic (exact) mass is 445 g/mol. The first-order valence-electron chi connectivity index (χ1n) is 11.6. The quantitative estimate of drug-likeness (QED) is 0.713. The number of fused-ring (bicyclic) bond motifs is 1. The van der Waals surface area contributed by atoms with Crippen LogP contribution in [0.5, 0.6) is 0 Å². The highest BCUT2D eigenvalue weighted by molar-refractivity contribution is 7.89. The number of amides is 2. The topological polar surface area (TPSA) is 78.0 Å². The minimum absolute atomic E-state index is 0.0542. The molecule has 168 valence electrons. The molecule has 0 N–H and O–H groups in total. The third-order valence-corrected chi connectivity index (χ3v) is 9.08. The van der Waals surface area contributed by atoms with Crippen molar-refractivity contribution in [1.82, 2.24) is 9.21 Å². The van der Waals surface area contributed by atoms with Gasteiger partial charge in [0.15, 0.2) is 0 Å². The van der Waals surface area contributed by atoms with Gasteiger partial charge in [-0.3, -0.25) is 9.59 Å². The maximum absolute atomic E-state index is 13.4. The van der Waals surface area contributed by atoms with Crippen LogP contribution < -0.4 is 4.90 Å². The molecule has 31 heavy (non-hydrogen) atoms. The fourth-order valence-electron chi connectivity index (χ4n) is 5.34. The highest BCUT2D eigenvalue weighted by atomic mass is 32.2. The van der Waals surface area contributed by atoms with E-state index in [-0.39, 0.29) is 41.1 Å². The Labute approximate surface area is 184 Å². The Balaban J connectivity index is 1.35. The van der Waals surface area contributed by atoms with Gasteiger partial charge >= 0.3 is 0 Å². The molecule has 2 saturated heterocycles. The number of likely N-dealkylation sites (tertiary alicyclic amines) is 1. The predicted octanol–water partition coefficient (Wildman–Crippen LogP) is 2.40. The molecule has 3 heterocycles. The Hall–Kier alpha value is -1.93. The third-order valence-electron chi connectivity index (χ3n) is 7.22. The summed E-state index contributed by atoms with van der Waals surface area (Å²) < 4.78 is 28.3. The van der Waals surface area contributed by atoms with Crippen LogP contribution in [-0.2, 0) is 26.0 Å². The Morgan fingerprint density at radius 1 is 0.935 bits per heavy atom. The predicted molar refractivity (Wildman–Crippen MR) is 117 cm³/mol. The van der Waals surface area contributed by atoms with Gasteiger partial charge in [0, 0.05) is 43.8 Å². The highest BCUT2D eigenvalue weighted by Gasteiger charge is 2.41. The van der Waals surface area contributed by atoms with E-state index >= 15 is 0 Å². The van der Waals surface area contributed by atoms with Gasteiger partial charge in [-0.05, 0) is 75.6 Å². The van der Waals surface area contributed by atoms with Crippen molar-refractivity contribution in [1.29, 1.82) is 0 Å². The molecule has 2 atom stereocenters. The minimum atomic E-state index is -3.67. The number of anilines is 1. The second-order valence-corrected chi connectivity index (χ2v) is 11.5. The van der Waals surface area contributed by atoms with Gasteiger partial charge in [0.25, 0.3) is 0 Å². The summed E-state index contributed by atoms with van der Waals surface area (Å²) in [5, 5.41) is 0. The van der Waals surface area contributed by atoms with Crippen molar-refractivity contribution in [3.8, 4) is 0 Å². The van der Waals surface area contributed by atoms with E-state index in [4.69, 9.17) is 0 Å². The lowest BCUT2D eigenvalue weighted by Gasteiger charge is -2.33. The van der Waals surface area contributed by atoms with E-state index in [9.17, 15) is 18.0 Å². The van der Waals surface area contributed by atoms with Crippen molar-refractivity contribution >= 4 is 27.5 Å². The second-order valence-electron chi connectivity index (χ2n) is 9.56. The van der Waals surface area contributed by atoms with Gasteiger partial charge in [-0.25, -0.2) is 8.42 Å². The minimum Gasteiger partial charge on any atom is -0.342 e. The van der Waals surface area contributed by atoms with Crippen molar-refractivity contribution in [2.24, 2.45) is 11.8 Å². The van der Waals surface area contributed by atoms with Crippen LogP contribution in [0, 0.1) is 11.8 Å². The lowest BCUT2D eigenvalue weighted by molar-refractivity contribution is -0.135. The van der Waals surface area contributed by atoms with E-state index in [0.29, 0.717) is 19.4 Å². The van der Waals surface area contributed by atoms with Crippen molar-refractivity contribution < 1.29 is 18.0 Å². The molecule has 3 aliphatic heterocycles. The molecule has 1 saturated carbocycles. The van der Waals surface area contributed by atoms with Crippen molar-refractivity contribution in [2.75, 3.05) is 31.1 Å². The smallest absolute Gasteiger partial charge is 0.243 e. The molecule has 2 amide bonds. The molecule has 1 aromatic rings. The zero-order valence-corrected chi connectivity index (χ0v) is 18.9.